The fourth-order valence-corrected chi connectivity index (χ4v) is 4.08. The number of allylic oxidation sites excluding steroid dienone is 2. The summed E-state index contributed by atoms with van der Waals surface area (Å²) in [6, 6.07) is 0.0493. The van der Waals surface area contributed by atoms with Gasteiger partial charge in [0, 0.05) is 26.3 Å². The number of rotatable bonds is 7. The predicted molar refractivity (Wildman–Crippen MR) is 100 cm³/mol. The lowest BCUT2D eigenvalue weighted by molar-refractivity contribution is 0.0746. The van der Waals surface area contributed by atoms with Crippen LogP contribution >= 0.6 is 0 Å². The van der Waals surface area contributed by atoms with Gasteiger partial charge < -0.3 is 15.4 Å². The second-order valence-electron chi connectivity index (χ2n) is 7.45. The molecule has 0 saturated carbocycles. The van der Waals surface area contributed by atoms with Gasteiger partial charge >= 0.3 is 0 Å². The lowest BCUT2D eigenvalue weighted by atomic mass is 9.85. The molecule has 140 valence electrons. The van der Waals surface area contributed by atoms with Crippen LogP contribution in [-0.2, 0) is 4.74 Å². The minimum absolute atomic E-state index is 0.0493. The summed E-state index contributed by atoms with van der Waals surface area (Å²) in [4.78, 5) is 2.50. The molecule has 0 aromatic carbocycles. The summed E-state index contributed by atoms with van der Waals surface area (Å²) < 4.78 is 19.6. The van der Waals surface area contributed by atoms with E-state index in [0.717, 1.165) is 45.6 Å². The normalized spacial score (nSPS) is 26.5. The Bertz CT molecular complexity index is 517. The number of hydrogen-bond donors (Lipinski definition) is 2. The average molecular weight is 349 g/mol. The second-order valence-corrected chi connectivity index (χ2v) is 7.45. The summed E-state index contributed by atoms with van der Waals surface area (Å²) in [6.07, 6.45) is 11.1. The second kappa shape index (κ2) is 9.51. The number of likely N-dealkylation sites (tertiary alicyclic amines) is 1. The van der Waals surface area contributed by atoms with Crippen LogP contribution in [0.2, 0.25) is 0 Å². The first kappa shape index (κ1) is 18.6. The van der Waals surface area contributed by atoms with Crippen LogP contribution in [0.25, 0.3) is 0 Å². The monoisotopic (exact) mass is 349 g/mol. The highest BCUT2D eigenvalue weighted by atomic mass is 19.1. The van der Waals surface area contributed by atoms with Gasteiger partial charge in [-0.25, -0.2) is 4.39 Å². The van der Waals surface area contributed by atoms with Crippen molar-refractivity contribution < 1.29 is 9.13 Å². The number of hydrogen-bond acceptors (Lipinski definition) is 4. The first-order chi connectivity index (χ1) is 12.2. The summed E-state index contributed by atoms with van der Waals surface area (Å²) in [5.74, 6) is 0.371. The first-order valence-electron chi connectivity index (χ1n) is 9.71. The zero-order chi connectivity index (χ0) is 17.5. The molecule has 25 heavy (non-hydrogen) atoms. The van der Waals surface area contributed by atoms with Crippen molar-refractivity contribution in [2.24, 2.45) is 5.92 Å². The highest BCUT2D eigenvalue weighted by Crippen LogP contribution is 2.31. The summed E-state index contributed by atoms with van der Waals surface area (Å²) in [5.41, 5.74) is 2.57. The maximum absolute atomic E-state index is 14.1. The van der Waals surface area contributed by atoms with Gasteiger partial charge in [-0.15, -0.1) is 0 Å². The third-order valence-electron chi connectivity index (χ3n) is 5.42. The molecule has 1 unspecified atom stereocenters. The molecule has 2 saturated heterocycles. The maximum Gasteiger partial charge on any atom is 0.121 e. The molecular formula is C20H32FN3O. The van der Waals surface area contributed by atoms with Crippen molar-refractivity contribution in [2.45, 2.75) is 38.1 Å². The standard InChI is InChI=1S/C20H32FN3O/c1-22-13-16(15-24-6-2-3-7-24)14-23-20-11-18(10-19(21)12-20)17-4-8-25-9-5-17/h10,12,14,17,20,22-23H,2-9,11,13,15H2,1H3/b16-14+. The van der Waals surface area contributed by atoms with Crippen LogP contribution < -0.4 is 10.6 Å². The Morgan fingerprint density at radius 2 is 2.08 bits per heavy atom. The van der Waals surface area contributed by atoms with E-state index in [1.54, 1.807) is 12.2 Å². The van der Waals surface area contributed by atoms with Crippen LogP contribution in [0.3, 0.4) is 0 Å². The van der Waals surface area contributed by atoms with Crippen molar-refractivity contribution in [3.05, 3.63) is 35.3 Å². The number of likely N-dealkylation sites (N-methyl/N-ethyl adjacent to an activating group) is 1. The zero-order valence-corrected chi connectivity index (χ0v) is 15.4. The summed E-state index contributed by atoms with van der Waals surface area (Å²) in [7, 11) is 1.98. The zero-order valence-electron chi connectivity index (χ0n) is 15.4. The van der Waals surface area contributed by atoms with E-state index in [1.807, 2.05) is 7.05 Å². The lowest BCUT2D eigenvalue weighted by Gasteiger charge is -2.29. The summed E-state index contributed by atoms with van der Waals surface area (Å²) in [6.45, 7) is 5.84. The molecule has 5 heteroatoms. The highest BCUT2D eigenvalue weighted by Gasteiger charge is 2.23. The fourth-order valence-electron chi connectivity index (χ4n) is 4.08. The van der Waals surface area contributed by atoms with Crippen molar-refractivity contribution in [1.29, 1.82) is 0 Å². The van der Waals surface area contributed by atoms with Gasteiger partial charge in [0.25, 0.3) is 0 Å². The van der Waals surface area contributed by atoms with Gasteiger partial charge in [0.2, 0.25) is 0 Å². The lowest BCUT2D eigenvalue weighted by Crippen LogP contribution is -2.31. The highest BCUT2D eigenvalue weighted by molar-refractivity contribution is 5.29. The van der Waals surface area contributed by atoms with E-state index in [-0.39, 0.29) is 11.9 Å². The Morgan fingerprint density at radius 1 is 1.32 bits per heavy atom. The van der Waals surface area contributed by atoms with Gasteiger partial charge in [-0.3, -0.25) is 4.90 Å². The molecule has 2 fully saturated rings. The Labute approximate surface area is 151 Å². The van der Waals surface area contributed by atoms with Crippen molar-refractivity contribution in [2.75, 3.05) is 46.4 Å². The molecule has 0 amide bonds. The largest absolute Gasteiger partial charge is 0.384 e. The van der Waals surface area contributed by atoms with Crippen molar-refractivity contribution in [1.82, 2.24) is 15.5 Å². The Kier molecular flexibility index (Phi) is 7.08. The summed E-state index contributed by atoms with van der Waals surface area (Å²) >= 11 is 0. The van der Waals surface area contributed by atoms with Gasteiger partial charge in [-0.05, 0) is 82.1 Å². The SMILES string of the molecule is CNC/C(=C\NC1C=C(F)C=C(C2CCOCC2)C1)CN1CCCC1. The van der Waals surface area contributed by atoms with E-state index in [2.05, 4.69) is 21.7 Å². The van der Waals surface area contributed by atoms with E-state index in [0.29, 0.717) is 5.92 Å². The smallest absolute Gasteiger partial charge is 0.121 e. The molecule has 1 atom stereocenters. The molecule has 3 aliphatic rings. The molecule has 3 rings (SSSR count). The molecule has 2 N–H and O–H groups in total. The van der Waals surface area contributed by atoms with Crippen molar-refractivity contribution in [3.63, 3.8) is 0 Å². The topological polar surface area (TPSA) is 36.5 Å². The molecular weight excluding hydrogens is 317 g/mol. The van der Waals surface area contributed by atoms with Gasteiger partial charge in [0.1, 0.15) is 5.83 Å². The van der Waals surface area contributed by atoms with Crippen LogP contribution in [0.1, 0.15) is 32.1 Å². The number of nitrogens with one attached hydrogen (secondary N) is 2. The fraction of sp³-hybridized carbons (Fsp3) is 0.700. The van der Waals surface area contributed by atoms with Gasteiger partial charge in [-0.1, -0.05) is 5.57 Å². The number of ether oxygens (including phenoxy) is 1. The van der Waals surface area contributed by atoms with Crippen LogP contribution in [-0.4, -0.2) is 57.4 Å². The molecule has 2 heterocycles. The number of nitrogens with zero attached hydrogens (tertiary/aromatic N) is 1. The van der Waals surface area contributed by atoms with Crippen LogP contribution in [0.5, 0.6) is 0 Å². The van der Waals surface area contributed by atoms with Crippen LogP contribution in [0.15, 0.2) is 35.3 Å². The van der Waals surface area contributed by atoms with Gasteiger partial charge in [-0.2, -0.15) is 0 Å². The minimum Gasteiger partial charge on any atom is -0.384 e. The molecule has 2 aliphatic heterocycles. The van der Waals surface area contributed by atoms with E-state index in [9.17, 15) is 4.39 Å². The Hall–Kier alpha value is -1.17. The third-order valence-corrected chi connectivity index (χ3v) is 5.42. The molecule has 1 aliphatic carbocycles. The summed E-state index contributed by atoms with van der Waals surface area (Å²) in [5, 5.41) is 6.71. The molecule has 0 bridgehead atoms. The van der Waals surface area contributed by atoms with Crippen LogP contribution in [0, 0.1) is 5.92 Å². The van der Waals surface area contributed by atoms with Gasteiger partial charge in [0.15, 0.2) is 0 Å². The molecule has 0 spiro atoms. The van der Waals surface area contributed by atoms with Crippen LogP contribution in [0.4, 0.5) is 4.39 Å². The van der Waals surface area contributed by atoms with E-state index >= 15 is 0 Å². The van der Waals surface area contributed by atoms with Gasteiger partial charge in [0.05, 0.1) is 6.04 Å². The first-order valence-corrected chi connectivity index (χ1v) is 9.71. The van der Waals surface area contributed by atoms with Crippen molar-refractivity contribution >= 4 is 0 Å². The van der Waals surface area contributed by atoms with E-state index < -0.39 is 0 Å². The number of halogens is 1. The molecule has 4 nitrogen and oxygen atoms in total. The molecule has 0 radical (unpaired) electrons. The van der Waals surface area contributed by atoms with E-state index in [1.165, 1.54) is 37.1 Å². The molecule has 0 aromatic heterocycles. The van der Waals surface area contributed by atoms with Crippen molar-refractivity contribution in [3.8, 4) is 0 Å². The Balaban J connectivity index is 1.57. The quantitative estimate of drug-likeness (QED) is 0.741. The minimum atomic E-state index is -0.103. The molecule has 0 aromatic rings. The maximum atomic E-state index is 14.1. The van der Waals surface area contributed by atoms with E-state index in [4.69, 9.17) is 4.74 Å². The Morgan fingerprint density at radius 3 is 2.80 bits per heavy atom. The third kappa shape index (κ3) is 5.66. The predicted octanol–water partition coefficient (Wildman–Crippen LogP) is 2.75. The average Bonchev–Trinajstić information content (AvgIpc) is 3.13.